The Morgan fingerprint density at radius 3 is 2.48 bits per heavy atom. The third-order valence-corrected chi connectivity index (χ3v) is 4.11. The first-order valence-electron chi connectivity index (χ1n) is 7.05. The Bertz CT molecular complexity index is 920. The van der Waals surface area contributed by atoms with Gasteiger partial charge in [-0.1, -0.05) is 29.8 Å². The van der Waals surface area contributed by atoms with E-state index >= 15 is 0 Å². The van der Waals surface area contributed by atoms with Crippen LogP contribution in [0.25, 0.3) is 22.4 Å². The molecule has 2 aromatic heterocycles. The Morgan fingerprint density at radius 1 is 1.13 bits per heavy atom. The van der Waals surface area contributed by atoms with Gasteiger partial charge in [0.25, 0.3) is 0 Å². The number of fused-ring (bicyclic) bond motifs is 1. The summed E-state index contributed by atoms with van der Waals surface area (Å²) >= 11 is 6.74. The van der Waals surface area contributed by atoms with Gasteiger partial charge in [0.15, 0.2) is 16.8 Å². The lowest BCUT2D eigenvalue weighted by atomic mass is 10.2. The van der Waals surface area contributed by atoms with Crippen molar-refractivity contribution >= 4 is 42.8 Å². The summed E-state index contributed by atoms with van der Waals surface area (Å²) in [6.07, 6.45) is 0. The van der Waals surface area contributed by atoms with Crippen LogP contribution in [0.4, 0.5) is 0 Å². The van der Waals surface area contributed by atoms with Gasteiger partial charge in [-0.3, -0.25) is 4.79 Å². The van der Waals surface area contributed by atoms with E-state index in [9.17, 15) is 9.90 Å². The predicted octanol–water partition coefficient (Wildman–Crippen LogP) is 5.42. The van der Waals surface area contributed by atoms with Gasteiger partial charge in [-0.15, -0.1) is 0 Å². The highest BCUT2D eigenvalue weighted by Gasteiger charge is 2.12. The van der Waals surface area contributed by atoms with Crippen LogP contribution in [0.3, 0.4) is 0 Å². The van der Waals surface area contributed by atoms with Gasteiger partial charge in [0, 0.05) is 10.5 Å². The molecule has 0 aliphatic heterocycles. The molecule has 0 fully saturated rings. The number of aromatic nitrogens is 1. The van der Waals surface area contributed by atoms with E-state index in [1.54, 1.807) is 19.1 Å². The second-order valence-electron chi connectivity index (χ2n) is 4.54. The number of hydrogen-bond acceptors (Lipinski definition) is 4. The minimum Gasteiger partial charge on any atom is -0.506 e. The van der Waals surface area contributed by atoms with Crippen LogP contribution in [-0.4, -0.2) is 10.1 Å². The van der Waals surface area contributed by atoms with E-state index in [0.717, 1.165) is 4.47 Å². The minimum absolute atomic E-state index is 0.104. The second-order valence-corrected chi connectivity index (χ2v) is 6.31. The van der Waals surface area contributed by atoms with Crippen molar-refractivity contribution in [2.45, 2.75) is 20.8 Å². The van der Waals surface area contributed by atoms with E-state index in [1.807, 2.05) is 19.9 Å². The van der Waals surface area contributed by atoms with Crippen molar-refractivity contribution in [3.8, 4) is 17.2 Å². The highest BCUT2D eigenvalue weighted by atomic mass is 79.9. The summed E-state index contributed by atoms with van der Waals surface area (Å²) in [5.74, 6) is 0.464. The third kappa shape index (κ3) is 3.64. The smallest absolute Gasteiger partial charge is 0.193 e. The molecule has 6 heteroatoms. The highest BCUT2D eigenvalue weighted by Crippen LogP contribution is 2.30. The molecule has 4 nitrogen and oxygen atoms in total. The SMILES string of the molecule is CC.Cc1nc(-c2cc(=O)c3cc(Br)cc(Br)c3o2)ccc1O. The van der Waals surface area contributed by atoms with Crippen molar-refractivity contribution in [3.63, 3.8) is 0 Å². The predicted molar refractivity (Wildman–Crippen MR) is 98.9 cm³/mol. The maximum atomic E-state index is 12.3. The van der Waals surface area contributed by atoms with Gasteiger partial charge >= 0.3 is 0 Å². The van der Waals surface area contributed by atoms with E-state index in [1.165, 1.54) is 12.1 Å². The van der Waals surface area contributed by atoms with Gasteiger partial charge in [0.2, 0.25) is 0 Å². The quantitative estimate of drug-likeness (QED) is 0.548. The van der Waals surface area contributed by atoms with Crippen molar-refractivity contribution in [1.82, 2.24) is 4.98 Å². The number of hydrogen-bond donors (Lipinski definition) is 1. The second kappa shape index (κ2) is 7.27. The topological polar surface area (TPSA) is 63.3 Å². The Kier molecular flexibility index (Phi) is 5.59. The van der Waals surface area contributed by atoms with Crippen LogP contribution in [-0.2, 0) is 0 Å². The van der Waals surface area contributed by atoms with Gasteiger partial charge in [-0.25, -0.2) is 4.98 Å². The molecule has 3 rings (SSSR count). The number of rotatable bonds is 1. The molecule has 0 unspecified atom stereocenters. The molecular formula is C17H15Br2NO3. The summed E-state index contributed by atoms with van der Waals surface area (Å²) < 4.78 is 7.27. The molecular weight excluding hydrogens is 426 g/mol. The van der Waals surface area contributed by atoms with E-state index in [2.05, 4.69) is 36.8 Å². The molecule has 3 aromatic rings. The molecule has 0 radical (unpaired) electrons. The zero-order valence-corrected chi connectivity index (χ0v) is 16.0. The number of pyridine rings is 1. The van der Waals surface area contributed by atoms with Crippen molar-refractivity contribution < 1.29 is 9.52 Å². The van der Waals surface area contributed by atoms with Crippen LogP contribution in [0.1, 0.15) is 19.5 Å². The average molecular weight is 441 g/mol. The summed E-state index contributed by atoms with van der Waals surface area (Å²) in [4.78, 5) is 16.5. The standard InChI is InChI=1S/C15H9Br2NO3.C2H6/c1-7-12(19)3-2-11(18-7)14-6-13(20)9-4-8(16)5-10(17)15(9)21-14;1-2/h2-6,19H,1H3;1-2H3. The molecule has 0 saturated heterocycles. The van der Waals surface area contributed by atoms with E-state index in [4.69, 9.17) is 4.42 Å². The van der Waals surface area contributed by atoms with Crippen LogP contribution in [0, 0.1) is 6.92 Å². The number of nitrogens with zero attached hydrogens (tertiary/aromatic N) is 1. The minimum atomic E-state index is -0.152. The highest BCUT2D eigenvalue weighted by molar-refractivity contribution is 9.11. The fourth-order valence-corrected chi connectivity index (χ4v) is 3.31. The Morgan fingerprint density at radius 2 is 1.83 bits per heavy atom. The lowest BCUT2D eigenvalue weighted by Gasteiger charge is -2.06. The van der Waals surface area contributed by atoms with Crippen LogP contribution in [0.5, 0.6) is 5.75 Å². The fraction of sp³-hybridized carbons (Fsp3) is 0.176. The Balaban J connectivity index is 0.000000924. The molecule has 1 N–H and O–H groups in total. The zero-order chi connectivity index (χ0) is 17.1. The van der Waals surface area contributed by atoms with Crippen LogP contribution < -0.4 is 5.43 Å². The summed E-state index contributed by atoms with van der Waals surface area (Å²) in [5.41, 5.74) is 1.29. The summed E-state index contributed by atoms with van der Waals surface area (Å²) in [6, 6.07) is 8.06. The Labute approximate surface area is 150 Å². The van der Waals surface area contributed by atoms with Crippen LogP contribution in [0.15, 0.2) is 48.5 Å². The van der Waals surface area contributed by atoms with Crippen molar-refractivity contribution in [3.05, 3.63) is 55.2 Å². The molecule has 0 saturated carbocycles. The molecule has 0 atom stereocenters. The molecule has 2 heterocycles. The van der Waals surface area contributed by atoms with Gasteiger partial charge in [0.05, 0.1) is 15.6 Å². The molecule has 0 aliphatic rings. The number of benzene rings is 1. The maximum absolute atomic E-state index is 12.3. The lowest BCUT2D eigenvalue weighted by molar-refractivity contribution is 0.467. The van der Waals surface area contributed by atoms with Crippen molar-refractivity contribution in [2.75, 3.05) is 0 Å². The molecule has 23 heavy (non-hydrogen) atoms. The van der Waals surface area contributed by atoms with E-state index < -0.39 is 0 Å². The largest absolute Gasteiger partial charge is 0.506 e. The van der Waals surface area contributed by atoms with Gasteiger partial charge in [0.1, 0.15) is 11.4 Å². The Hall–Kier alpha value is -1.66. The summed E-state index contributed by atoms with van der Waals surface area (Å²) in [6.45, 7) is 5.69. The summed E-state index contributed by atoms with van der Waals surface area (Å²) in [5, 5.41) is 10.0. The van der Waals surface area contributed by atoms with Crippen molar-refractivity contribution in [1.29, 1.82) is 0 Å². The first-order valence-corrected chi connectivity index (χ1v) is 8.64. The molecule has 0 bridgehead atoms. The summed E-state index contributed by atoms with van der Waals surface area (Å²) in [7, 11) is 0. The van der Waals surface area contributed by atoms with E-state index in [-0.39, 0.29) is 11.2 Å². The first-order chi connectivity index (χ1) is 11.0. The van der Waals surface area contributed by atoms with E-state index in [0.29, 0.717) is 32.6 Å². The van der Waals surface area contributed by atoms with Crippen LogP contribution in [0.2, 0.25) is 0 Å². The first kappa shape index (κ1) is 17.7. The number of aryl methyl sites for hydroxylation is 1. The van der Waals surface area contributed by atoms with Gasteiger partial charge in [-0.05, 0) is 47.1 Å². The maximum Gasteiger partial charge on any atom is 0.193 e. The molecule has 0 amide bonds. The van der Waals surface area contributed by atoms with Gasteiger partial charge < -0.3 is 9.52 Å². The zero-order valence-electron chi connectivity index (χ0n) is 12.9. The van der Waals surface area contributed by atoms with Crippen molar-refractivity contribution in [2.24, 2.45) is 0 Å². The normalized spacial score (nSPS) is 10.3. The molecule has 0 spiro atoms. The number of halogens is 2. The molecule has 120 valence electrons. The number of aromatic hydroxyl groups is 1. The molecule has 1 aromatic carbocycles. The molecule has 0 aliphatic carbocycles. The monoisotopic (exact) mass is 439 g/mol. The van der Waals surface area contributed by atoms with Crippen LogP contribution >= 0.6 is 31.9 Å². The fourth-order valence-electron chi connectivity index (χ4n) is 2.00. The third-order valence-electron chi connectivity index (χ3n) is 3.06. The average Bonchev–Trinajstić information content (AvgIpc) is 2.53. The van der Waals surface area contributed by atoms with Gasteiger partial charge in [-0.2, -0.15) is 0 Å². The lowest BCUT2D eigenvalue weighted by Crippen LogP contribution is -2.01.